The number of rotatable bonds is 9. The number of allylic oxidation sites excluding steroid dienone is 3. The molecule has 2 amide bonds. The molecule has 1 aliphatic carbocycles. The number of sulfonamides is 1. The summed E-state index contributed by atoms with van der Waals surface area (Å²) in [7, 11) is -3.90. The van der Waals surface area contributed by atoms with Gasteiger partial charge in [0.2, 0.25) is 10.0 Å². The van der Waals surface area contributed by atoms with Crippen molar-refractivity contribution in [3.8, 4) is 0 Å². The summed E-state index contributed by atoms with van der Waals surface area (Å²) in [6.45, 7) is 3.82. The molecule has 0 spiro atoms. The minimum atomic E-state index is -3.90. The third-order valence-corrected chi connectivity index (χ3v) is 8.59. The molecule has 1 fully saturated rings. The van der Waals surface area contributed by atoms with Gasteiger partial charge in [-0.1, -0.05) is 79.9 Å². The molecule has 1 saturated heterocycles. The van der Waals surface area contributed by atoms with Crippen LogP contribution in [0.5, 0.6) is 0 Å². The van der Waals surface area contributed by atoms with E-state index in [9.17, 15) is 22.4 Å². The topological polar surface area (TPSA) is 92.8 Å². The molecule has 2 aromatic carbocycles. The van der Waals surface area contributed by atoms with E-state index in [0.29, 0.717) is 28.5 Å². The Morgan fingerprint density at radius 3 is 2.39 bits per heavy atom. The molecular formula is C30H33Cl2FN2O5S. The predicted octanol–water partition coefficient (Wildman–Crippen LogP) is 5.69. The van der Waals surface area contributed by atoms with E-state index in [0.717, 1.165) is 11.8 Å². The first-order valence-electron chi connectivity index (χ1n) is 13.4. The molecule has 1 N–H and O–H groups in total. The molecule has 7 nitrogen and oxygen atoms in total. The highest BCUT2D eigenvalue weighted by atomic mass is 35.5. The van der Waals surface area contributed by atoms with Gasteiger partial charge in [-0.2, -0.15) is 0 Å². The maximum absolute atomic E-state index is 14.4. The number of benzene rings is 2. The third-order valence-electron chi connectivity index (χ3n) is 7.48. The van der Waals surface area contributed by atoms with Gasteiger partial charge in [0.1, 0.15) is 24.1 Å². The summed E-state index contributed by atoms with van der Waals surface area (Å²) < 4.78 is 46.5. The van der Waals surface area contributed by atoms with Crippen LogP contribution in [0.2, 0.25) is 5.02 Å². The molecule has 11 heteroatoms. The lowest BCUT2D eigenvalue weighted by Gasteiger charge is -2.53. The summed E-state index contributed by atoms with van der Waals surface area (Å²) in [6, 6.07) is 11.0. The van der Waals surface area contributed by atoms with Gasteiger partial charge < -0.3 is 9.64 Å². The minimum absolute atomic E-state index is 0.122. The number of carbonyl (C=O) groups is 2. The molecule has 4 rings (SSSR count). The van der Waals surface area contributed by atoms with Crippen LogP contribution in [0.15, 0.2) is 71.8 Å². The monoisotopic (exact) mass is 622 g/mol. The molecule has 1 unspecified atom stereocenters. The molecule has 2 aliphatic rings. The Hall–Kier alpha value is -2.72. The Morgan fingerprint density at radius 1 is 1.17 bits per heavy atom. The van der Waals surface area contributed by atoms with Crippen LogP contribution in [0.4, 0.5) is 4.39 Å². The highest BCUT2D eigenvalue weighted by Gasteiger charge is 2.53. The van der Waals surface area contributed by atoms with Crippen LogP contribution in [0.25, 0.3) is 0 Å². The van der Waals surface area contributed by atoms with Gasteiger partial charge in [-0.3, -0.25) is 14.3 Å². The van der Waals surface area contributed by atoms with Gasteiger partial charge in [0, 0.05) is 21.9 Å². The molecule has 0 bridgehead atoms. The third kappa shape index (κ3) is 7.38. The van der Waals surface area contributed by atoms with Gasteiger partial charge in [-0.15, -0.1) is 0 Å². The summed E-state index contributed by atoms with van der Waals surface area (Å²) >= 11 is 12.5. The second kappa shape index (κ2) is 12.7. The first-order chi connectivity index (χ1) is 19.3. The average molecular weight is 624 g/mol. The Bertz CT molecular complexity index is 1450. The van der Waals surface area contributed by atoms with E-state index in [1.54, 1.807) is 30.3 Å². The lowest BCUT2D eigenvalue weighted by atomic mass is 9.71. The maximum atomic E-state index is 14.4. The van der Waals surface area contributed by atoms with Gasteiger partial charge >= 0.3 is 0 Å². The van der Waals surface area contributed by atoms with E-state index >= 15 is 0 Å². The van der Waals surface area contributed by atoms with Crippen molar-refractivity contribution in [3.05, 3.63) is 93.8 Å². The Kier molecular flexibility index (Phi) is 9.63. The van der Waals surface area contributed by atoms with E-state index in [-0.39, 0.29) is 12.8 Å². The van der Waals surface area contributed by atoms with Crippen molar-refractivity contribution in [1.29, 1.82) is 0 Å². The van der Waals surface area contributed by atoms with Crippen molar-refractivity contribution >= 4 is 45.0 Å². The lowest BCUT2D eigenvalue weighted by Crippen LogP contribution is -2.66. The van der Waals surface area contributed by atoms with Crippen molar-refractivity contribution in [1.82, 2.24) is 9.62 Å². The van der Waals surface area contributed by atoms with Gasteiger partial charge in [0.25, 0.3) is 11.8 Å². The number of hydrogen-bond donors (Lipinski definition) is 1. The van der Waals surface area contributed by atoms with Crippen LogP contribution < -0.4 is 4.72 Å². The highest BCUT2D eigenvalue weighted by molar-refractivity contribution is 7.89. The molecule has 0 saturated carbocycles. The molecular weight excluding hydrogens is 590 g/mol. The van der Waals surface area contributed by atoms with Gasteiger partial charge in [0.05, 0.1) is 12.3 Å². The van der Waals surface area contributed by atoms with Crippen LogP contribution in [0, 0.1) is 11.2 Å². The fourth-order valence-electron chi connectivity index (χ4n) is 5.52. The van der Waals surface area contributed by atoms with Crippen molar-refractivity contribution in [2.45, 2.75) is 63.8 Å². The van der Waals surface area contributed by atoms with E-state index in [2.05, 4.69) is 4.72 Å². The Labute approximate surface area is 250 Å². The first-order valence-corrected chi connectivity index (χ1v) is 16.0. The fraction of sp³-hybridized carbons (Fsp3) is 0.400. The van der Waals surface area contributed by atoms with E-state index in [1.165, 1.54) is 17.0 Å². The Balaban J connectivity index is 1.88. The molecule has 2 aromatic rings. The highest BCUT2D eigenvalue weighted by Crippen LogP contribution is 2.47. The van der Waals surface area contributed by atoms with Crippen molar-refractivity contribution < 1.29 is 27.1 Å². The molecule has 1 heterocycles. The van der Waals surface area contributed by atoms with E-state index in [1.807, 2.05) is 38.1 Å². The van der Waals surface area contributed by atoms with Gasteiger partial charge in [-0.25, -0.2) is 12.8 Å². The zero-order chi connectivity index (χ0) is 29.9. The molecule has 0 radical (unpaired) electrons. The SMILES string of the molecule is CCC[C@H](C(=O)NS(C)(=O)=O)N1C(=O)[C@H](Cc2ccc(F)cc2)O[C@@H](c2ccc(Cl)cc2)[C@H]1C1(C)C=CC(Cl)=CC1. The second-order valence-corrected chi connectivity index (χ2v) is 13.4. The van der Waals surface area contributed by atoms with Crippen LogP contribution in [0.3, 0.4) is 0 Å². The van der Waals surface area contributed by atoms with E-state index in [4.69, 9.17) is 27.9 Å². The Morgan fingerprint density at radius 2 is 1.83 bits per heavy atom. The van der Waals surface area contributed by atoms with Crippen molar-refractivity contribution in [2.75, 3.05) is 6.26 Å². The first kappa shape index (κ1) is 31.2. The average Bonchev–Trinajstić information content (AvgIpc) is 2.91. The summed E-state index contributed by atoms with van der Waals surface area (Å²) in [5.41, 5.74) is 0.662. The number of halogens is 3. The molecule has 41 heavy (non-hydrogen) atoms. The molecule has 0 aromatic heterocycles. The van der Waals surface area contributed by atoms with Crippen molar-refractivity contribution in [3.63, 3.8) is 0 Å². The number of carbonyl (C=O) groups excluding carboxylic acids is 2. The van der Waals surface area contributed by atoms with Crippen LogP contribution >= 0.6 is 23.2 Å². The van der Waals surface area contributed by atoms with Gasteiger partial charge in [-0.05, 0) is 54.3 Å². The normalized spacial score (nSPS) is 25.5. The van der Waals surface area contributed by atoms with Crippen LogP contribution in [-0.4, -0.2) is 49.6 Å². The summed E-state index contributed by atoms with van der Waals surface area (Å²) in [6.07, 6.45) is 5.95. The summed E-state index contributed by atoms with van der Waals surface area (Å²) in [5.74, 6) is -1.65. The summed E-state index contributed by atoms with van der Waals surface area (Å²) in [4.78, 5) is 29.4. The largest absolute Gasteiger partial charge is 0.358 e. The number of hydrogen-bond acceptors (Lipinski definition) is 5. The number of morpholine rings is 1. The standard InChI is InChI=1S/C30H33Cl2FN2O5S/c1-4-5-24(28(36)34-41(3,38)39)35-27(30(2)16-14-22(32)15-17-30)26(20-8-10-21(31)11-9-20)40-25(29(35)37)18-19-6-12-23(33)13-7-19/h6-16,24-27H,4-5,17-18H2,1-3H3,(H,34,36)/t24-,25+,26+,27+,30?/m1/s1. The molecule has 1 aliphatic heterocycles. The van der Waals surface area contributed by atoms with E-state index < -0.39 is 57.4 Å². The summed E-state index contributed by atoms with van der Waals surface area (Å²) in [5, 5.41) is 1.07. The zero-order valence-corrected chi connectivity index (χ0v) is 25.3. The quantitative estimate of drug-likeness (QED) is 0.388. The lowest BCUT2D eigenvalue weighted by molar-refractivity contribution is -0.189. The number of nitrogens with one attached hydrogen (secondary N) is 1. The second-order valence-electron chi connectivity index (χ2n) is 10.8. The van der Waals surface area contributed by atoms with Crippen molar-refractivity contribution in [2.24, 2.45) is 5.41 Å². The molecule has 5 atom stereocenters. The minimum Gasteiger partial charge on any atom is -0.358 e. The number of amides is 2. The smallest absolute Gasteiger partial charge is 0.256 e. The van der Waals surface area contributed by atoms with Crippen LogP contribution in [0.1, 0.15) is 50.3 Å². The van der Waals surface area contributed by atoms with Crippen LogP contribution in [-0.2, 0) is 30.8 Å². The zero-order valence-electron chi connectivity index (χ0n) is 23.0. The number of ether oxygens (including phenoxy) is 1. The predicted molar refractivity (Wildman–Crippen MR) is 157 cm³/mol. The number of nitrogens with zero attached hydrogens (tertiary/aromatic N) is 1. The fourth-order valence-corrected chi connectivity index (χ4v) is 6.28. The molecule has 220 valence electrons. The van der Waals surface area contributed by atoms with Gasteiger partial charge in [0.15, 0.2) is 0 Å². The maximum Gasteiger partial charge on any atom is 0.256 e.